The fourth-order valence-corrected chi connectivity index (χ4v) is 4.97. The number of hydrogen-bond donors (Lipinski definition) is 3. The molecule has 0 bridgehead atoms. The maximum atomic E-state index is 10.1. The summed E-state index contributed by atoms with van der Waals surface area (Å²) in [6.45, 7) is 6.91. The van der Waals surface area contributed by atoms with Gasteiger partial charge in [0.2, 0.25) is 0 Å². The van der Waals surface area contributed by atoms with Gasteiger partial charge in [-0.15, -0.1) is 0 Å². The molecule has 4 heteroatoms. The van der Waals surface area contributed by atoms with Gasteiger partial charge in [-0.3, -0.25) is 0 Å². The summed E-state index contributed by atoms with van der Waals surface area (Å²) in [5, 5.41) is 16.9. The van der Waals surface area contributed by atoms with E-state index >= 15 is 0 Å². The number of hydrogen-bond acceptors (Lipinski definition) is 4. The van der Waals surface area contributed by atoms with Gasteiger partial charge in [-0.05, 0) is 99.9 Å². The molecule has 1 aliphatic rings. The van der Waals surface area contributed by atoms with Gasteiger partial charge >= 0.3 is 0 Å². The molecule has 1 unspecified atom stereocenters. The third-order valence-electron chi connectivity index (χ3n) is 6.80. The third kappa shape index (κ3) is 7.53. The van der Waals surface area contributed by atoms with Crippen LogP contribution in [0.4, 0.5) is 5.69 Å². The molecule has 1 aliphatic carbocycles. The fourth-order valence-electron chi connectivity index (χ4n) is 4.97. The average molecular weight is 438 g/mol. The zero-order chi connectivity index (χ0) is 22.6. The number of benzene rings is 2. The summed E-state index contributed by atoms with van der Waals surface area (Å²) < 4.78 is 0. The van der Waals surface area contributed by atoms with Gasteiger partial charge in [-0.1, -0.05) is 50.1 Å². The lowest BCUT2D eigenvalue weighted by atomic mass is 9.86. The van der Waals surface area contributed by atoms with Gasteiger partial charge in [0.05, 0.1) is 5.69 Å². The molecule has 3 rings (SSSR count). The van der Waals surface area contributed by atoms with Crippen LogP contribution in [0.3, 0.4) is 0 Å². The Labute approximate surface area is 195 Å². The summed E-state index contributed by atoms with van der Waals surface area (Å²) in [6.07, 6.45) is 10.9. The van der Waals surface area contributed by atoms with E-state index in [2.05, 4.69) is 58.9 Å². The van der Waals surface area contributed by atoms with Crippen molar-refractivity contribution in [2.75, 3.05) is 38.5 Å². The Morgan fingerprint density at radius 3 is 2.56 bits per heavy atom. The molecule has 0 saturated carbocycles. The Kier molecular flexibility index (Phi) is 10.4. The molecule has 2 aromatic carbocycles. The van der Waals surface area contributed by atoms with Crippen molar-refractivity contribution in [1.82, 2.24) is 10.2 Å². The first-order valence-corrected chi connectivity index (χ1v) is 12.7. The summed E-state index contributed by atoms with van der Waals surface area (Å²) in [4.78, 5) is 2.73. The fraction of sp³-hybridized carbons (Fsp3) is 0.571. The molecule has 3 N–H and O–H groups in total. The highest BCUT2D eigenvalue weighted by Gasteiger charge is 2.24. The minimum Gasteiger partial charge on any atom is -0.506 e. The van der Waals surface area contributed by atoms with E-state index in [1.165, 1.54) is 68.3 Å². The van der Waals surface area contributed by atoms with Crippen LogP contribution in [0.5, 0.6) is 5.75 Å². The van der Waals surface area contributed by atoms with Crippen LogP contribution < -0.4 is 10.6 Å². The molecule has 0 amide bonds. The van der Waals surface area contributed by atoms with Crippen molar-refractivity contribution in [3.63, 3.8) is 0 Å². The van der Waals surface area contributed by atoms with E-state index in [1.54, 1.807) is 0 Å². The Morgan fingerprint density at radius 1 is 0.969 bits per heavy atom. The summed E-state index contributed by atoms with van der Waals surface area (Å²) in [6, 6.07) is 15.5. The first kappa shape index (κ1) is 24.6. The topological polar surface area (TPSA) is 47.5 Å². The lowest BCUT2D eigenvalue weighted by Crippen LogP contribution is -2.40. The Morgan fingerprint density at radius 2 is 1.78 bits per heavy atom. The van der Waals surface area contributed by atoms with Crippen molar-refractivity contribution in [1.29, 1.82) is 0 Å². The SMILES string of the molecule is CCCN(CCCCCCNCCc1ccccc1)C1CCc2cc(O)c(NC)cc2C1. The number of aromatic hydroxyl groups is 1. The molecule has 2 aromatic rings. The van der Waals surface area contributed by atoms with Gasteiger partial charge < -0.3 is 20.6 Å². The summed E-state index contributed by atoms with van der Waals surface area (Å²) in [7, 11) is 1.88. The zero-order valence-corrected chi connectivity index (χ0v) is 20.2. The predicted octanol–water partition coefficient (Wildman–Crippen LogP) is 5.40. The van der Waals surface area contributed by atoms with Gasteiger partial charge in [0.25, 0.3) is 0 Å². The lowest BCUT2D eigenvalue weighted by Gasteiger charge is -2.35. The third-order valence-corrected chi connectivity index (χ3v) is 6.80. The van der Waals surface area contributed by atoms with E-state index in [9.17, 15) is 5.11 Å². The average Bonchev–Trinajstić information content (AvgIpc) is 2.82. The Hall–Kier alpha value is -2.04. The molecular weight excluding hydrogens is 394 g/mol. The first-order valence-electron chi connectivity index (χ1n) is 12.7. The van der Waals surface area contributed by atoms with E-state index in [0.29, 0.717) is 11.8 Å². The minimum atomic E-state index is 0.379. The van der Waals surface area contributed by atoms with Crippen LogP contribution in [0.1, 0.15) is 62.1 Å². The molecule has 0 saturated heterocycles. The maximum absolute atomic E-state index is 10.1. The van der Waals surface area contributed by atoms with Crippen LogP contribution in [0.25, 0.3) is 0 Å². The molecule has 0 aliphatic heterocycles. The number of anilines is 1. The highest BCUT2D eigenvalue weighted by Crippen LogP contribution is 2.33. The van der Waals surface area contributed by atoms with Crippen LogP contribution in [0.2, 0.25) is 0 Å². The van der Waals surface area contributed by atoms with E-state index in [4.69, 9.17) is 0 Å². The number of fused-ring (bicyclic) bond motifs is 1. The smallest absolute Gasteiger partial charge is 0.138 e. The molecular formula is C28H43N3O. The normalized spacial score (nSPS) is 15.7. The number of nitrogens with one attached hydrogen (secondary N) is 2. The number of aryl methyl sites for hydroxylation is 1. The molecule has 0 spiro atoms. The summed E-state index contributed by atoms with van der Waals surface area (Å²) in [5.41, 5.74) is 5.00. The van der Waals surface area contributed by atoms with Crippen molar-refractivity contribution >= 4 is 5.69 Å². The molecule has 1 atom stereocenters. The zero-order valence-electron chi connectivity index (χ0n) is 20.2. The number of rotatable bonds is 14. The van der Waals surface area contributed by atoms with Gasteiger partial charge in [0.15, 0.2) is 0 Å². The monoisotopic (exact) mass is 437 g/mol. The van der Waals surface area contributed by atoms with Crippen molar-refractivity contribution < 1.29 is 5.11 Å². The molecule has 0 aromatic heterocycles. The van der Waals surface area contributed by atoms with Gasteiger partial charge in [0.1, 0.15) is 5.75 Å². The molecule has 32 heavy (non-hydrogen) atoms. The van der Waals surface area contributed by atoms with Crippen LogP contribution in [0.15, 0.2) is 42.5 Å². The maximum Gasteiger partial charge on any atom is 0.138 e. The van der Waals surface area contributed by atoms with Crippen LogP contribution in [0, 0.1) is 0 Å². The van der Waals surface area contributed by atoms with E-state index in [1.807, 2.05) is 13.1 Å². The highest BCUT2D eigenvalue weighted by atomic mass is 16.3. The van der Waals surface area contributed by atoms with Crippen LogP contribution in [-0.2, 0) is 19.3 Å². The predicted molar refractivity (Wildman–Crippen MR) is 137 cm³/mol. The quantitative estimate of drug-likeness (QED) is 0.274. The number of phenolic OH excluding ortho intramolecular Hbond substituents is 1. The molecule has 0 fully saturated rings. The largest absolute Gasteiger partial charge is 0.506 e. The molecule has 0 heterocycles. The second-order valence-corrected chi connectivity index (χ2v) is 9.22. The van der Waals surface area contributed by atoms with Crippen molar-refractivity contribution in [2.45, 2.75) is 70.8 Å². The number of unbranched alkanes of at least 4 members (excludes halogenated alkanes) is 3. The standard InChI is InChI=1S/C28H43N3O/c1-3-18-31(26-14-13-24-22-28(32)27(29-2)21-25(24)20-26)19-10-5-4-9-16-30-17-15-23-11-7-6-8-12-23/h6-8,11-12,21-22,26,29-30,32H,3-5,9-10,13-20H2,1-2H3. The van der Waals surface area contributed by atoms with Crippen LogP contribution in [-0.4, -0.2) is 49.3 Å². The second-order valence-electron chi connectivity index (χ2n) is 9.22. The van der Waals surface area contributed by atoms with Crippen molar-refractivity contribution in [3.8, 4) is 5.75 Å². The molecule has 176 valence electrons. The molecule has 0 radical (unpaired) electrons. The Bertz CT molecular complexity index is 793. The van der Waals surface area contributed by atoms with Gasteiger partial charge in [0, 0.05) is 13.1 Å². The minimum absolute atomic E-state index is 0.379. The Balaban J connectivity index is 1.33. The van der Waals surface area contributed by atoms with E-state index in [-0.39, 0.29) is 0 Å². The van der Waals surface area contributed by atoms with Gasteiger partial charge in [-0.2, -0.15) is 0 Å². The van der Waals surface area contributed by atoms with Crippen LogP contribution >= 0.6 is 0 Å². The van der Waals surface area contributed by atoms with Gasteiger partial charge in [-0.25, -0.2) is 0 Å². The van der Waals surface area contributed by atoms with E-state index < -0.39 is 0 Å². The lowest BCUT2D eigenvalue weighted by molar-refractivity contribution is 0.176. The second kappa shape index (κ2) is 13.5. The summed E-state index contributed by atoms with van der Waals surface area (Å²) in [5.74, 6) is 0.379. The van der Waals surface area contributed by atoms with Crippen molar-refractivity contribution in [2.24, 2.45) is 0 Å². The van der Waals surface area contributed by atoms with Crippen molar-refractivity contribution in [3.05, 3.63) is 59.2 Å². The highest BCUT2D eigenvalue weighted by molar-refractivity contribution is 5.59. The van der Waals surface area contributed by atoms with E-state index in [0.717, 1.165) is 38.0 Å². The number of phenols is 1. The summed E-state index contributed by atoms with van der Waals surface area (Å²) >= 11 is 0. The first-order chi connectivity index (χ1) is 15.7. The molecule has 4 nitrogen and oxygen atoms in total. The number of nitrogens with zero attached hydrogens (tertiary/aromatic N) is 1.